The van der Waals surface area contributed by atoms with E-state index < -0.39 is 9.84 Å². The van der Waals surface area contributed by atoms with Gasteiger partial charge in [-0.3, -0.25) is 4.79 Å². The van der Waals surface area contributed by atoms with Crippen molar-refractivity contribution < 1.29 is 13.2 Å². The van der Waals surface area contributed by atoms with Gasteiger partial charge >= 0.3 is 0 Å². The van der Waals surface area contributed by atoms with Gasteiger partial charge in [-0.05, 0) is 19.9 Å². The molecule has 1 aromatic rings. The highest BCUT2D eigenvalue weighted by Gasteiger charge is 2.29. The zero-order chi connectivity index (χ0) is 19.6. The predicted molar refractivity (Wildman–Crippen MR) is 104 cm³/mol. The van der Waals surface area contributed by atoms with Gasteiger partial charge in [0.2, 0.25) is 11.9 Å². The molecule has 0 aliphatic carbocycles. The van der Waals surface area contributed by atoms with Crippen LogP contribution in [0.4, 0.5) is 5.95 Å². The van der Waals surface area contributed by atoms with Crippen molar-refractivity contribution in [1.29, 1.82) is 0 Å². The monoisotopic (exact) mass is 395 g/mol. The summed E-state index contributed by atoms with van der Waals surface area (Å²) < 4.78 is 24.6. The van der Waals surface area contributed by atoms with E-state index in [2.05, 4.69) is 21.8 Å². The first-order valence-electron chi connectivity index (χ1n) is 9.58. The van der Waals surface area contributed by atoms with Gasteiger partial charge in [-0.1, -0.05) is 6.92 Å². The second-order valence-electron chi connectivity index (χ2n) is 7.49. The molecule has 0 bridgehead atoms. The van der Waals surface area contributed by atoms with Gasteiger partial charge in [0.25, 0.3) is 0 Å². The van der Waals surface area contributed by atoms with Crippen LogP contribution in [0.5, 0.6) is 0 Å². The summed E-state index contributed by atoms with van der Waals surface area (Å²) in [6, 6.07) is 0. The Morgan fingerprint density at radius 3 is 2.33 bits per heavy atom. The zero-order valence-electron chi connectivity index (χ0n) is 16.4. The van der Waals surface area contributed by atoms with E-state index in [9.17, 15) is 13.2 Å². The van der Waals surface area contributed by atoms with Crippen molar-refractivity contribution in [2.75, 3.05) is 57.5 Å². The number of likely N-dealkylation sites (tertiary alicyclic amines) is 1. The topological polar surface area (TPSA) is 86.7 Å². The molecule has 8 nitrogen and oxygen atoms in total. The van der Waals surface area contributed by atoms with Crippen LogP contribution in [-0.2, 0) is 14.6 Å². The molecule has 0 spiro atoms. The lowest BCUT2D eigenvalue weighted by molar-refractivity contribution is -0.131. The molecule has 150 valence electrons. The van der Waals surface area contributed by atoms with Crippen molar-refractivity contribution in [3.8, 4) is 0 Å². The van der Waals surface area contributed by atoms with E-state index in [1.54, 1.807) is 0 Å². The minimum Gasteiger partial charge on any atom is -0.343 e. The fourth-order valence-electron chi connectivity index (χ4n) is 3.74. The standard InChI is InChI=1S/C18H29N5O3S/c1-4-16(24)22-7-5-14(6-8-22)17-15(27(3,25)26)13-19-18(20-17)23-11-9-21(2)10-12-23/h13-14H,4-12H2,1-3H3. The molecule has 0 unspecified atom stereocenters. The van der Waals surface area contributed by atoms with Gasteiger partial charge in [-0.25, -0.2) is 18.4 Å². The third-order valence-electron chi connectivity index (χ3n) is 5.49. The highest BCUT2D eigenvalue weighted by molar-refractivity contribution is 7.90. The maximum atomic E-state index is 12.3. The summed E-state index contributed by atoms with van der Waals surface area (Å²) >= 11 is 0. The van der Waals surface area contributed by atoms with Gasteiger partial charge in [0.05, 0.1) is 11.9 Å². The number of aromatic nitrogens is 2. The summed E-state index contributed by atoms with van der Waals surface area (Å²) in [6.07, 6.45) is 4.64. The van der Waals surface area contributed by atoms with E-state index in [1.165, 1.54) is 12.5 Å². The largest absolute Gasteiger partial charge is 0.343 e. The molecule has 1 amide bonds. The zero-order valence-corrected chi connectivity index (χ0v) is 17.2. The van der Waals surface area contributed by atoms with Gasteiger partial charge in [-0.2, -0.15) is 0 Å². The van der Waals surface area contributed by atoms with Gasteiger partial charge in [0, 0.05) is 57.9 Å². The average molecular weight is 396 g/mol. The molecule has 0 saturated carbocycles. The molecule has 2 aliphatic heterocycles. The van der Waals surface area contributed by atoms with Gasteiger partial charge < -0.3 is 14.7 Å². The summed E-state index contributed by atoms with van der Waals surface area (Å²) in [5.41, 5.74) is 0.616. The Kier molecular flexibility index (Phi) is 6.00. The maximum Gasteiger partial charge on any atom is 0.225 e. The van der Waals surface area contributed by atoms with Crippen LogP contribution in [0.3, 0.4) is 0 Å². The van der Waals surface area contributed by atoms with Crippen molar-refractivity contribution in [3.63, 3.8) is 0 Å². The number of sulfone groups is 1. The lowest BCUT2D eigenvalue weighted by Crippen LogP contribution is -2.45. The predicted octanol–water partition coefficient (Wildman–Crippen LogP) is 0.748. The summed E-state index contributed by atoms with van der Waals surface area (Å²) in [6.45, 7) is 6.69. The highest BCUT2D eigenvalue weighted by Crippen LogP contribution is 2.32. The second kappa shape index (κ2) is 8.10. The van der Waals surface area contributed by atoms with E-state index in [-0.39, 0.29) is 16.7 Å². The fourth-order valence-corrected chi connectivity index (χ4v) is 4.57. The Hall–Kier alpha value is -1.74. The number of piperidine rings is 1. The number of rotatable bonds is 4. The molecule has 3 rings (SSSR count). The molecular weight excluding hydrogens is 366 g/mol. The second-order valence-corrected chi connectivity index (χ2v) is 9.47. The third kappa shape index (κ3) is 4.57. The number of anilines is 1. The first-order chi connectivity index (χ1) is 12.8. The van der Waals surface area contributed by atoms with E-state index in [4.69, 9.17) is 4.98 Å². The number of nitrogens with zero attached hydrogens (tertiary/aromatic N) is 5. The fraction of sp³-hybridized carbons (Fsp3) is 0.722. The number of amides is 1. The molecule has 0 N–H and O–H groups in total. The van der Waals surface area contributed by atoms with E-state index in [0.29, 0.717) is 31.2 Å². The smallest absolute Gasteiger partial charge is 0.225 e. The molecule has 3 heterocycles. The van der Waals surface area contributed by atoms with Crippen LogP contribution in [0.15, 0.2) is 11.1 Å². The minimum absolute atomic E-state index is 0.0323. The van der Waals surface area contributed by atoms with Crippen LogP contribution in [0.1, 0.15) is 37.8 Å². The number of hydrogen-bond acceptors (Lipinski definition) is 7. The van der Waals surface area contributed by atoms with E-state index in [1.807, 2.05) is 11.8 Å². The van der Waals surface area contributed by atoms with Crippen LogP contribution in [-0.4, -0.2) is 86.7 Å². The molecule has 2 fully saturated rings. The molecule has 1 aromatic heterocycles. The normalized spacial score (nSPS) is 20.1. The molecule has 0 aromatic carbocycles. The number of hydrogen-bond donors (Lipinski definition) is 0. The summed E-state index contributed by atoms with van der Waals surface area (Å²) in [5, 5.41) is 0. The van der Waals surface area contributed by atoms with Crippen molar-refractivity contribution in [2.24, 2.45) is 0 Å². The van der Waals surface area contributed by atoms with Crippen molar-refractivity contribution in [3.05, 3.63) is 11.9 Å². The Bertz CT molecular complexity index is 782. The number of carbonyl (C=O) groups is 1. The van der Waals surface area contributed by atoms with Gasteiger partial charge in [-0.15, -0.1) is 0 Å². The van der Waals surface area contributed by atoms with Crippen molar-refractivity contribution in [2.45, 2.75) is 37.0 Å². The number of likely N-dealkylation sites (N-methyl/N-ethyl adjacent to an activating group) is 1. The van der Waals surface area contributed by atoms with E-state index >= 15 is 0 Å². The molecule has 2 aliphatic rings. The highest BCUT2D eigenvalue weighted by atomic mass is 32.2. The van der Waals surface area contributed by atoms with Crippen LogP contribution >= 0.6 is 0 Å². The molecule has 9 heteroatoms. The van der Waals surface area contributed by atoms with Gasteiger partial charge in [0.15, 0.2) is 9.84 Å². The van der Waals surface area contributed by atoms with Crippen molar-refractivity contribution >= 4 is 21.7 Å². The van der Waals surface area contributed by atoms with Crippen molar-refractivity contribution in [1.82, 2.24) is 19.8 Å². The Morgan fingerprint density at radius 1 is 1.15 bits per heavy atom. The summed E-state index contributed by atoms with van der Waals surface area (Å²) in [4.78, 5) is 27.4. The van der Waals surface area contributed by atoms with Crippen LogP contribution in [0.25, 0.3) is 0 Å². The van der Waals surface area contributed by atoms with Crippen LogP contribution in [0, 0.1) is 0 Å². The Balaban J connectivity index is 1.85. The number of piperazine rings is 1. The lowest BCUT2D eigenvalue weighted by atomic mass is 9.93. The first-order valence-corrected chi connectivity index (χ1v) is 11.5. The Labute approximate surface area is 161 Å². The van der Waals surface area contributed by atoms with E-state index in [0.717, 1.165) is 39.0 Å². The summed E-state index contributed by atoms with van der Waals surface area (Å²) in [5.74, 6) is 0.792. The molecule has 0 atom stereocenters. The van der Waals surface area contributed by atoms with Gasteiger partial charge in [0.1, 0.15) is 4.90 Å². The van der Waals surface area contributed by atoms with Crippen LogP contribution in [0.2, 0.25) is 0 Å². The minimum atomic E-state index is -3.41. The average Bonchev–Trinajstić information content (AvgIpc) is 2.67. The Morgan fingerprint density at radius 2 is 1.78 bits per heavy atom. The maximum absolute atomic E-state index is 12.3. The number of carbonyl (C=O) groups excluding carboxylic acids is 1. The molecule has 0 radical (unpaired) electrons. The third-order valence-corrected chi connectivity index (χ3v) is 6.61. The van der Waals surface area contributed by atoms with Crippen LogP contribution < -0.4 is 4.90 Å². The SMILES string of the molecule is CCC(=O)N1CCC(c2nc(N3CCN(C)CC3)ncc2S(C)(=O)=O)CC1. The molecule has 27 heavy (non-hydrogen) atoms. The molecule has 2 saturated heterocycles. The molecular formula is C18H29N5O3S. The quantitative estimate of drug-likeness (QED) is 0.743. The summed E-state index contributed by atoms with van der Waals surface area (Å²) in [7, 11) is -1.32. The lowest BCUT2D eigenvalue weighted by Gasteiger charge is -2.34. The first kappa shape index (κ1) is 20.0.